The van der Waals surface area contributed by atoms with Crippen LogP contribution in [0.4, 0.5) is 0 Å². The molecule has 2 aromatic carbocycles. The Hall–Kier alpha value is -2.60. The second-order valence-corrected chi connectivity index (χ2v) is 6.86. The van der Waals surface area contributed by atoms with Crippen molar-refractivity contribution < 1.29 is 18.7 Å². The molecule has 0 aliphatic carbocycles. The van der Waals surface area contributed by atoms with E-state index < -0.39 is 23.6 Å². The van der Waals surface area contributed by atoms with Gasteiger partial charge in [0, 0.05) is 4.47 Å². The Morgan fingerprint density at radius 2 is 1.88 bits per heavy atom. The number of benzene rings is 2. The summed E-state index contributed by atoms with van der Waals surface area (Å²) >= 11 is 3.40. The number of carbonyl (C=O) groups is 1. The number of fused-ring (bicyclic) bond motifs is 3. The summed E-state index contributed by atoms with van der Waals surface area (Å²) in [6.45, 7) is 1.97. The van der Waals surface area contributed by atoms with Gasteiger partial charge in [-0.05, 0) is 36.8 Å². The Morgan fingerprint density at radius 1 is 1.15 bits per heavy atom. The van der Waals surface area contributed by atoms with Crippen molar-refractivity contribution in [1.82, 2.24) is 0 Å². The van der Waals surface area contributed by atoms with Crippen molar-refractivity contribution in [2.45, 2.75) is 18.9 Å². The zero-order chi connectivity index (χ0) is 18.3. The minimum Gasteiger partial charge on any atom is -0.476 e. The zero-order valence-corrected chi connectivity index (χ0v) is 15.5. The van der Waals surface area contributed by atoms with E-state index in [0.717, 1.165) is 10.0 Å². The summed E-state index contributed by atoms with van der Waals surface area (Å²) in [4.78, 5) is 25.2. The van der Waals surface area contributed by atoms with Gasteiger partial charge in [0.25, 0.3) is 0 Å². The predicted molar refractivity (Wildman–Crippen MR) is 99.5 cm³/mol. The molecule has 0 bridgehead atoms. The third kappa shape index (κ3) is 2.70. The molecule has 0 spiro atoms. The molecule has 6 heteroatoms. The van der Waals surface area contributed by atoms with E-state index in [9.17, 15) is 9.59 Å². The molecule has 0 N–H and O–H groups in total. The molecule has 132 valence electrons. The van der Waals surface area contributed by atoms with E-state index in [1.807, 2.05) is 36.4 Å². The van der Waals surface area contributed by atoms with E-state index in [2.05, 4.69) is 15.9 Å². The number of carbonyl (C=O) groups excluding carboxylic acids is 1. The molecule has 2 heterocycles. The van der Waals surface area contributed by atoms with Crippen LogP contribution in [0.3, 0.4) is 0 Å². The maximum absolute atomic E-state index is 12.7. The largest absolute Gasteiger partial charge is 0.476 e. The van der Waals surface area contributed by atoms with Crippen LogP contribution < -0.4 is 10.4 Å². The number of hydrogen-bond acceptors (Lipinski definition) is 5. The SMILES string of the molecule is CCOC(=O)[C@@H]1Oc2c(c(=O)oc3ccccc23)[C@H]1c1ccc(Br)cc1. The molecule has 1 aromatic heterocycles. The number of hydrogen-bond donors (Lipinski definition) is 0. The van der Waals surface area contributed by atoms with Crippen molar-refractivity contribution in [3.8, 4) is 5.75 Å². The van der Waals surface area contributed by atoms with Crippen molar-refractivity contribution in [2.24, 2.45) is 0 Å². The highest BCUT2D eigenvalue weighted by Gasteiger charge is 2.45. The summed E-state index contributed by atoms with van der Waals surface area (Å²) < 4.78 is 17.5. The van der Waals surface area contributed by atoms with E-state index in [1.165, 1.54) is 0 Å². The first-order valence-corrected chi connectivity index (χ1v) is 9.04. The minimum absolute atomic E-state index is 0.234. The minimum atomic E-state index is -0.931. The molecule has 5 nitrogen and oxygen atoms in total. The van der Waals surface area contributed by atoms with Gasteiger partial charge < -0.3 is 13.9 Å². The summed E-state index contributed by atoms with van der Waals surface area (Å²) in [6, 6.07) is 14.6. The molecular formula is C20H15BrO5. The van der Waals surface area contributed by atoms with Crippen LogP contribution in [0.5, 0.6) is 5.75 Å². The highest BCUT2D eigenvalue weighted by Crippen LogP contribution is 2.44. The van der Waals surface area contributed by atoms with Crippen LogP contribution in [0.15, 0.2) is 62.2 Å². The maximum atomic E-state index is 12.7. The van der Waals surface area contributed by atoms with Crippen LogP contribution in [-0.2, 0) is 9.53 Å². The van der Waals surface area contributed by atoms with Gasteiger partial charge in [-0.3, -0.25) is 0 Å². The Kier molecular flexibility index (Phi) is 4.28. The van der Waals surface area contributed by atoms with E-state index >= 15 is 0 Å². The van der Waals surface area contributed by atoms with E-state index in [1.54, 1.807) is 19.1 Å². The molecule has 0 saturated heterocycles. The summed E-state index contributed by atoms with van der Waals surface area (Å²) in [7, 11) is 0. The van der Waals surface area contributed by atoms with E-state index in [4.69, 9.17) is 13.9 Å². The van der Waals surface area contributed by atoms with Crippen LogP contribution >= 0.6 is 15.9 Å². The fourth-order valence-electron chi connectivity index (χ4n) is 3.30. The molecule has 26 heavy (non-hydrogen) atoms. The highest BCUT2D eigenvalue weighted by molar-refractivity contribution is 9.10. The standard InChI is InChI=1S/C20H15BrO5/c1-2-24-20(23)18-15(11-7-9-12(21)10-8-11)16-17(26-18)13-5-3-4-6-14(13)25-19(16)22/h3-10,15,18H,2H2,1H3/t15-,18-/m1/s1. The fourth-order valence-corrected chi connectivity index (χ4v) is 3.56. The Bertz CT molecular complexity index is 1040. The summed E-state index contributed by atoms with van der Waals surface area (Å²) in [5, 5.41) is 0.663. The second-order valence-electron chi connectivity index (χ2n) is 5.95. The average molecular weight is 415 g/mol. The van der Waals surface area contributed by atoms with Crippen molar-refractivity contribution in [1.29, 1.82) is 0 Å². The quantitative estimate of drug-likeness (QED) is 0.478. The van der Waals surface area contributed by atoms with Crippen LogP contribution in [0.2, 0.25) is 0 Å². The van der Waals surface area contributed by atoms with Gasteiger partial charge >= 0.3 is 11.6 Å². The normalized spacial score (nSPS) is 18.4. The maximum Gasteiger partial charge on any atom is 0.348 e. The molecule has 4 rings (SSSR count). The lowest BCUT2D eigenvalue weighted by atomic mass is 9.88. The monoisotopic (exact) mass is 414 g/mol. The third-order valence-electron chi connectivity index (χ3n) is 4.41. The molecule has 0 amide bonds. The summed E-state index contributed by atoms with van der Waals surface area (Å²) in [5.41, 5.74) is 1.06. The number of rotatable bonds is 3. The van der Waals surface area contributed by atoms with Gasteiger partial charge in [-0.25, -0.2) is 9.59 Å². The average Bonchev–Trinajstić information content (AvgIpc) is 3.04. The molecule has 1 aliphatic heterocycles. The van der Waals surface area contributed by atoms with Gasteiger partial charge in [0.1, 0.15) is 11.3 Å². The van der Waals surface area contributed by atoms with E-state index in [-0.39, 0.29) is 6.61 Å². The zero-order valence-electron chi connectivity index (χ0n) is 13.9. The first kappa shape index (κ1) is 16.8. The predicted octanol–water partition coefficient (Wildman–Crippen LogP) is 4.01. The fraction of sp³-hybridized carbons (Fsp3) is 0.200. The van der Waals surface area contributed by atoms with Gasteiger partial charge in [0.2, 0.25) is 6.10 Å². The van der Waals surface area contributed by atoms with Gasteiger partial charge in [0.05, 0.1) is 23.5 Å². The van der Waals surface area contributed by atoms with Gasteiger partial charge in [-0.2, -0.15) is 0 Å². The van der Waals surface area contributed by atoms with Gasteiger partial charge in [-0.15, -0.1) is 0 Å². The van der Waals surface area contributed by atoms with Gasteiger partial charge in [0.15, 0.2) is 0 Å². The molecule has 0 unspecified atom stereocenters. The highest BCUT2D eigenvalue weighted by atomic mass is 79.9. The Balaban J connectivity index is 1.94. The first-order chi connectivity index (χ1) is 12.6. The molecule has 1 aliphatic rings. The molecule has 3 aromatic rings. The van der Waals surface area contributed by atoms with Gasteiger partial charge in [-0.1, -0.05) is 40.2 Å². The van der Waals surface area contributed by atoms with Crippen molar-refractivity contribution in [2.75, 3.05) is 6.61 Å². The molecular weight excluding hydrogens is 400 g/mol. The van der Waals surface area contributed by atoms with Crippen molar-refractivity contribution in [3.63, 3.8) is 0 Å². The van der Waals surface area contributed by atoms with E-state index in [0.29, 0.717) is 22.3 Å². The lowest BCUT2D eigenvalue weighted by molar-refractivity contribution is -0.151. The second kappa shape index (κ2) is 6.61. The number of para-hydroxylation sites is 1. The third-order valence-corrected chi connectivity index (χ3v) is 4.93. The Labute approximate surface area is 157 Å². The van der Waals surface area contributed by atoms with Crippen molar-refractivity contribution in [3.05, 3.63) is 74.6 Å². The van der Waals surface area contributed by atoms with Crippen LogP contribution in [0, 0.1) is 0 Å². The smallest absolute Gasteiger partial charge is 0.348 e. The summed E-state index contributed by atoms with van der Waals surface area (Å²) in [5.74, 6) is -0.694. The van der Waals surface area contributed by atoms with Crippen LogP contribution in [-0.4, -0.2) is 18.7 Å². The molecule has 0 radical (unpaired) electrons. The number of halogens is 1. The first-order valence-electron chi connectivity index (χ1n) is 8.24. The van der Waals surface area contributed by atoms with Crippen LogP contribution in [0.1, 0.15) is 24.0 Å². The summed E-state index contributed by atoms with van der Waals surface area (Å²) in [6.07, 6.45) is -0.931. The van der Waals surface area contributed by atoms with Crippen LogP contribution in [0.25, 0.3) is 11.0 Å². The topological polar surface area (TPSA) is 65.7 Å². The Morgan fingerprint density at radius 3 is 2.62 bits per heavy atom. The van der Waals surface area contributed by atoms with Crippen molar-refractivity contribution >= 4 is 32.9 Å². The lowest BCUT2D eigenvalue weighted by Crippen LogP contribution is -2.32. The molecule has 0 fully saturated rings. The number of esters is 1. The molecule has 0 saturated carbocycles. The lowest BCUT2D eigenvalue weighted by Gasteiger charge is -2.17. The number of ether oxygens (including phenoxy) is 2. The molecule has 2 atom stereocenters.